The first-order valence-electron chi connectivity index (χ1n) is 5.96. The van der Waals surface area contributed by atoms with E-state index in [4.69, 9.17) is 22.5 Å². The molecule has 0 atom stereocenters. The maximum Gasteiger partial charge on any atom is 0.173 e. The Bertz CT molecular complexity index is 485. The summed E-state index contributed by atoms with van der Waals surface area (Å²) in [6.45, 7) is 6.37. The molecule has 1 aliphatic rings. The standard InChI is InChI=1S/C13H18ClN3O/c1-13(2)6-7-17(8-13)10-5-3-4-9(14)11(10)12(15)16-18/h3-5,18H,6-8H2,1-2H3,(H2,15,16). The lowest BCUT2D eigenvalue weighted by Crippen LogP contribution is -2.26. The molecule has 0 amide bonds. The van der Waals surface area contributed by atoms with Crippen molar-refractivity contribution in [1.82, 2.24) is 0 Å². The van der Waals surface area contributed by atoms with Crippen molar-refractivity contribution in [1.29, 1.82) is 0 Å². The molecule has 0 radical (unpaired) electrons. The molecule has 18 heavy (non-hydrogen) atoms. The van der Waals surface area contributed by atoms with Gasteiger partial charge in [-0.05, 0) is 24.0 Å². The SMILES string of the molecule is CC1(C)CCN(c2cccc(Cl)c2C(N)=NO)C1. The van der Waals surface area contributed by atoms with E-state index in [9.17, 15) is 0 Å². The number of anilines is 1. The highest BCUT2D eigenvalue weighted by atomic mass is 35.5. The zero-order valence-electron chi connectivity index (χ0n) is 10.7. The van der Waals surface area contributed by atoms with Crippen molar-refractivity contribution in [3.63, 3.8) is 0 Å². The van der Waals surface area contributed by atoms with Crippen molar-refractivity contribution in [2.75, 3.05) is 18.0 Å². The number of hydrogen-bond acceptors (Lipinski definition) is 3. The monoisotopic (exact) mass is 267 g/mol. The summed E-state index contributed by atoms with van der Waals surface area (Å²) in [5, 5.41) is 12.4. The first-order chi connectivity index (χ1) is 8.44. The summed E-state index contributed by atoms with van der Waals surface area (Å²) in [7, 11) is 0. The van der Waals surface area contributed by atoms with Gasteiger partial charge < -0.3 is 15.8 Å². The second kappa shape index (κ2) is 4.69. The summed E-state index contributed by atoms with van der Waals surface area (Å²) in [6, 6.07) is 5.59. The van der Waals surface area contributed by atoms with Gasteiger partial charge in [-0.25, -0.2) is 0 Å². The Hall–Kier alpha value is -1.42. The number of oxime groups is 1. The predicted molar refractivity (Wildman–Crippen MR) is 74.6 cm³/mol. The second-order valence-corrected chi connectivity index (χ2v) is 5.86. The number of hydrogen-bond donors (Lipinski definition) is 2. The van der Waals surface area contributed by atoms with Crippen molar-refractivity contribution in [3.8, 4) is 0 Å². The van der Waals surface area contributed by atoms with Crippen molar-refractivity contribution in [2.24, 2.45) is 16.3 Å². The van der Waals surface area contributed by atoms with Gasteiger partial charge in [0.1, 0.15) is 0 Å². The van der Waals surface area contributed by atoms with Crippen molar-refractivity contribution in [2.45, 2.75) is 20.3 Å². The zero-order valence-corrected chi connectivity index (χ0v) is 11.4. The van der Waals surface area contributed by atoms with Crippen LogP contribution in [0.2, 0.25) is 5.02 Å². The van der Waals surface area contributed by atoms with Gasteiger partial charge in [-0.3, -0.25) is 0 Å². The first-order valence-corrected chi connectivity index (χ1v) is 6.34. The minimum atomic E-state index is 0.0558. The van der Waals surface area contributed by atoms with Crippen molar-refractivity contribution < 1.29 is 5.21 Å². The van der Waals surface area contributed by atoms with Crippen LogP contribution in [0.25, 0.3) is 0 Å². The van der Waals surface area contributed by atoms with Crippen LogP contribution in [0, 0.1) is 5.41 Å². The fourth-order valence-corrected chi connectivity index (χ4v) is 2.66. The summed E-state index contributed by atoms with van der Waals surface area (Å²) < 4.78 is 0. The van der Waals surface area contributed by atoms with Crippen LogP contribution in [-0.2, 0) is 0 Å². The molecular weight excluding hydrogens is 250 g/mol. The van der Waals surface area contributed by atoms with Crippen LogP contribution in [0.4, 0.5) is 5.69 Å². The van der Waals surface area contributed by atoms with Gasteiger partial charge in [0.25, 0.3) is 0 Å². The highest BCUT2D eigenvalue weighted by molar-refractivity contribution is 6.34. The van der Waals surface area contributed by atoms with Crippen molar-refractivity contribution >= 4 is 23.1 Å². The van der Waals surface area contributed by atoms with Gasteiger partial charge in [0, 0.05) is 18.8 Å². The van der Waals surface area contributed by atoms with E-state index >= 15 is 0 Å². The molecule has 1 fully saturated rings. The molecule has 0 aromatic heterocycles. The molecule has 0 saturated carbocycles. The van der Waals surface area contributed by atoms with Gasteiger partial charge in [0.2, 0.25) is 0 Å². The summed E-state index contributed by atoms with van der Waals surface area (Å²) in [5.74, 6) is 0.0558. The number of amidine groups is 1. The smallest absolute Gasteiger partial charge is 0.173 e. The Kier molecular flexibility index (Phi) is 3.39. The van der Waals surface area contributed by atoms with Gasteiger partial charge >= 0.3 is 0 Å². The molecule has 1 aliphatic heterocycles. The Morgan fingerprint density at radius 2 is 2.22 bits per heavy atom. The molecule has 0 aliphatic carbocycles. The molecule has 2 rings (SSSR count). The third-order valence-electron chi connectivity index (χ3n) is 3.37. The van der Waals surface area contributed by atoms with Gasteiger partial charge in [-0.15, -0.1) is 0 Å². The van der Waals surface area contributed by atoms with Crippen LogP contribution in [0.1, 0.15) is 25.8 Å². The Balaban J connectivity index is 2.43. The molecule has 0 unspecified atom stereocenters. The lowest BCUT2D eigenvalue weighted by molar-refractivity contribution is 0.318. The normalized spacial score (nSPS) is 19.3. The van der Waals surface area contributed by atoms with Crippen LogP contribution < -0.4 is 10.6 Å². The highest BCUT2D eigenvalue weighted by Gasteiger charge is 2.31. The lowest BCUT2D eigenvalue weighted by Gasteiger charge is -2.24. The molecule has 3 N–H and O–H groups in total. The van der Waals surface area contributed by atoms with E-state index in [0.717, 1.165) is 25.2 Å². The number of rotatable bonds is 2. The van der Waals surface area contributed by atoms with E-state index in [1.54, 1.807) is 6.07 Å². The minimum Gasteiger partial charge on any atom is -0.409 e. The minimum absolute atomic E-state index is 0.0558. The van der Waals surface area contributed by atoms with Gasteiger partial charge in [-0.2, -0.15) is 0 Å². The molecule has 1 aromatic carbocycles. The van der Waals surface area contributed by atoms with E-state index in [1.165, 1.54) is 0 Å². The fourth-order valence-electron chi connectivity index (χ4n) is 2.40. The van der Waals surface area contributed by atoms with Crippen LogP contribution in [-0.4, -0.2) is 24.1 Å². The molecule has 5 heteroatoms. The fraction of sp³-hybridized carbons (Fsp3) is 0.462. The summed E-state index contributed by atoms with van der Waals surface area (Å²) in [5.41, 5.74) is 7.55. The molecular formula is C13H18ClN3O. The lowest BCUT2D eigenvalue weighted by atomic mass is 9.93. The van der Waals surface area contributed by atoms with E-state index < -0.39 is 0 Å². The Morgan fingerprint density at radius 3 is 2.78 bits per heavy atom. The van der Waals surface area contributed by atoms with E-state index in [2.05, 4.69) is 23.9 Å². The topological polar surface area (TPSA) is 61.8 Å². The van der Waals surface area contributed by atoms with E-state index in [-0.39, 0.29) is 11.3 Å². The highest BCUT2D eigenvalue weighted by Crippen LogP contribution is 2.35. The zero-order chi connectivity index (χ0) is 13.3. The van der Waals surface area contributed by atoms with Crippen LogP contribution >= 0.6 is 11.6 Å². The number of nitrogens with two attached hydrogens (primary N) is 1. The van der Waals surface area contributed by atoms with Crippen LogP contribution in [0.5, 0.6) is 0 Å². The number of halogens is 1. The quantitative estimate of drug-likeness (QED) is 0.375. The molecule has 98 valence electrons. The van der Waals surface area contributed by atoms with Gasteiger partial charge in [0.15, 0.2) is 5.84 Å². The van der Waals surface area contributed by atoms with Gasteiger partial charge in [-0.1, -0.05) is 36.7 Å². The third kappa shape index (κ3) is 2.38. The predicted octanol–water partition coefficient (Wildman–Crippen LogP) is 2.67. The van der Waals surface area contributed by atoms with Crippen LogP contribution in [0.15, 0.2) is 23.4 Å². The Morgan fingerprint density at radius 1 is 1.50 bits per heavy atom. The average molecular weight is 268 g/mol. The molecule has 0 spiro atoms. The molecule has 0 bridgehead atoms. The third-order valence-corrected chi connectivity index (χ3v) is 3.69. The molecule has 1 aromatic rings. The second-order valence-electron chi connectivity index (χ2n) is 5.45. The molecule has 4 nitrogen and oxygen atoms in total. The summed E-state index contributed by atoms with van der Waals surface area (Å²) in [6.07, 6.45) is 1.12. The molecule has 1 saturated heterocycles. The largest absolute Gasteiger partial charge is 0.409 e. The number of nitrogens with zero attached hydrogens (tertiary/aromatic N) is 2. The maximum absolute atomic E-state index is 8.87. The maximum atomic E-state index is 8.87. The van der Waals surface area contributed by atoms with E-state index in [1.807, 2.05) is 12.1 Å². The summed E-state index contributed by atoms with van der Waals surface area (Å²) in [4.78, 5) is 2.24. The average Bonchev–Trinajstić information content (AvgIpc) is 2.68. The number of benzene rings is 1. The van der Waals surface area contributed by atoms with E-state index in [0.29, 0.717) is 10.6 Å². The van der Waals surface area contributed by atoms with Gasteiger partial charge in [0.05, 0.1) is 10.6 Å². The molecule has 1 heterocycles. The van der Waals surface area contributed by atoms with Crippen LogP contribution in [0.3, 0.4) is 0 Å². The first kappa shape index (κ1) is 13.0. The summed E-state index contributed by atoms with van der Waals surface area (Å²) >= 11 is 6.15. The Labute approximate surface area is 112 Å². The van der Waals surface area contributed by atoms with Crippen molar-refractivity contribution in [3.05, 3.63) is 28.8 Å².